The predicted molar refractivity (Wildman–Crippen MR) is 87.8 cm³/mol. The van der Waals surface area contributed by atoms with E-state index >= 15 is 0 Å². The van der Waals surface area contributed by atoms with Crippen LogP contribution in [0.5, 0.6) is 0 Å². The molecule has 0 aromatic carbocycles. The fraction of sp³-hybridized carbons (Fsp3) is 0.882. The number of hydrogen-bond acceptors (Lipinski definition) is 3. The van der Waals surface area contributed by atoms with Crippen LogP contribution in [0.1, 0.15) is 73.1 Å². The van der Waals surface area contributed by atoms with Crippen molar-refractivity contribution in [2.45, 2.75) is 73.1 Å². The van der Waals surface area contributed by atoms with Crippen molar-refractivity contribution in [3.05, 3.63) is 0 Å². The number of aliphatic hydroxyl groups is 1. The number of primary amides is 1. The van der Waals surface area contributed by atoms with Crippen molar-refractivity contribution in [2.75, 3.05) is 6.61 Å². The molecule has 21 heavy (non-hydrogen) atoms. The van der Waals surface area contributed by atoms with E-state index < -0.39 is 0 Å². The average Bonchev–Trinajstić information content (AvgIpc) is 2.50. The molecule has 1 aliphatic rings. The SMILES string of the molecule is CC.CCC(=O)C1CCC(C)CC1.C[C@@H](CCO)C(N)=O. The van der Waals surface area contributed by atoms with E-state index in [0.717, 1.165) is 25.2 Å². The molecular weight excluding hydrogens is 266 g/mol. The molecule has 1 fully saturated rings. The van der Waals surface area contributed by atoms with Crippen LogP contribution in [0.15, 0.2) is 0 Å². The number of aliphatic hydroxyl groups excluding tert-OH is 1. The van der Waals surface area contributed by atoms with Crippen LogP contribution in [0, 0.1) is 17.8 Å². The van der Waals surface area contributed by atoms with E-state index in [1.807, 2.05) is 20.8 Å². The first-order valence-electron chi connectivity index (χ1n) is 8.35. The molecule has 1 rings (SSSR count). The lowest BCUT2D eigenvalue weighted by Gasteiger charge is -2.24. The van der Waals surface area contributed by atoms with Gasteiger partial charge in [-0.1, -0.05) is 47.5 Å². The third-order valence-corrected chi connectivity index (χ3v) is 3.87. The summed E-state index contributed by atoms with van der Waals surface area (Å²) < 4.78 is 0. The molecule has 126 valence electrons. The minimum Gasteiger partial charge on any atom is -0.396 e. The highest BCUT2D eigenvalue weighted by atomic mass is 16.3. The largest absolute Gasteiger partial charge is 0.396 e. The van der Waals surface area contributed by atoms with Gasteiger partial charge >= 0.3 is 0 Å². The van der Waals surface area contributed by atoms with Crippen LogP contribution in [0.25, 0.3) is 0 Å². The molecule has 0 aromatic heterocycles. The lowest BCUT2D eigenvalue weighted by Crippen LogP contribution is -2.21. The molecule has 1 amide bonds. The molecule has 4 heteroatoms. The van der Waals surface area contributed by atoms with E-state index in [4.69, 9.17) is 10.8 Å². The Labute approximate surface area is 130 Å². The lowest BCUT2D eigenvalue weighted by molar-refractivity contribution is -0.123. The smallest absolute Gasteiger partial charge is 0.220 e. The van der Waals surface area contributed by atoms with E-state index in [-0.39, 0.29) is 18.4 Å². The molecule has 0 aliphatic heterocycles. The van der Waals surface area contributed by atoms with Crippen molar-refractivity contribution in [2.24, 2.45) is 23.5 Å². The molecule has 0 unspecified atom stereocenters. The summed E-state index contributed by atoms with van der Waals surface area (Å²) in [7, 11) is 0. The number of rotatable bonds is 5. The lowest BCUT2D eigenvalue weighted by atomic mass is 9.80. The second-order valence-electron chi connectivity index (χ2n) is 5.59. The van der Waals surface area contributed by atoms with Crippen molar-refractivity contribution in [1.82, 2.24) is 0 Å². The van der Waals surface area contributed by atoms with Crippen LogP contribution in [0.3, 0.4) is 0 Å². The molecule has 4 nitrogen and oxygen atoms in total. The minimum atomic E-state index is -0.348. The van der Waals surface area contributed by atoms with Gasteiger partial charge in [-0.05, 0) is 25.2 Å². The average molecular weight is 301 g/mol. The summed E-state index contributed by atoms with van der Waals surface area (Å²) in [6, 6.07) is 0. The summed E-state index contributed by atoms with van der Waals surface area (Å²) in [6.45, 7) is 9.98. The molecule has 0 aromatic rings. The Morgan fingerprint density at radius 3 is 1.95 bits per heavy atom. The first kappa shape index (κ1) is 22.4. The van der Waals surface area contributed by atoms with Gasteiger partial charge in [0.1, 0.15) is 5.78 Å². The summed E-state index contributed by atoms with van der Waals surface area (Å²) in [5.74, 6) is 1.21. The van der Waals surface area contributed by atoms with Crippen LogP contribution in [0.2, 0.25) is 0 Å². The number of amides is 1. The molecular formula is C17H35NO3. The number of carbonyl (C=O) groups is 2. The molecule has 1 atom stereocenters. The Kier molecular flexibility index (Phi) is 15.0. The van der Waals surface area contributed by atoms with E-state index in [0.29, 0.717) is 18.1 Å². The second-order valence-corrected chi connectivity index (χ2v) is 5.59. The van der Waals surface area contributed by atoms with Gasteiger partial charge < -0.3 is 10.8 Å². The molecule has 0 bridgehead atoms. The highest BCUT2D eigenvalue weighted by molar-refractivity contribution is 5.80. The van der Waals surface area contributed by atoms with Gasteiger partial charge in [0.2, 0.25) is 5.91 Å². The Bertz CT molecular complexity index is 271. The minimum absolute atomic E-state index is 0.0319. The van der Waals surface area contributed by atoms with Gasteiger partial charge in [0.15, 0.2) is 0 Å². The maximum Gasteiger partial charge on any atom is 0.220 e. The molecule has 0 spiro atoms. The standard InChI is InChI=1S/C10H18O.C5H11NO2.C2H6/c1-3-10(11)9-6-4-8(2)5-7-9;1-4(2-3-7)5(6)8;1-2/h8-9H,3-7H2,1-2H3;4,7H,2-3H2,1H3,(H2,6,8);1-2H3/t;4-;/m.0./s1. The van der Waals surface area contributed by atoms with Crippen molar-refractivity contribution < 1.29 is 14.7 Å². The molecule has 0 saturated heterocycles. The predicted octanol–water partition coefficient (Wildman–Crippen LogP) is 3.31. The van der Waals surface area contributed by atoms with Crippen molar-refractivity contribution in [3.63, 3.8) is 0 Å². The molecule has 0 heterocycles. The summed E-state index contributed by atoms with van der Waals surface area (Å²) >= 11 is 0. The van der Waals surface area contributed by atoms with E-state index in [9.17, 15) is 9.59 Å². The number of ketones is 1. The van der Waals surface area contributed by atoms with Gasteiger partial charge in [-0.2, -0.15) is 0 Å². The van der Waals surface area contributed by atoms with Crippen LogP contribution in [-0.2, 0) is 9.59 Å². The summed E-state index contributed by atoms with van der Waals surface area (Å²) in [5.41, 5.74) is 4.87. The van der Waals surface area contributed by atoms with Gasteiger partial charge in [0, 0.05) is 24.9 Å². The van der Waals surface area contributed by atoms with Crippen LogP contribution >= 0.6 is 0 Å². The third kappa shape index (κ3) is 11.4. The summed E-state index contributed by atoms with van der Waals surface area (Å²) in [4.78, 5) is 21.5. The van der Waals surface area contributed by atoms with Gasteiger partial charge in [-0.3, -0.25) is 9.59 Å². The molecule has 1 saturated carbocycles. The van der Waals surface area contributed by atoms with Crippen LogP contribution in [0.4, 0.5) is 0 Å². The van der Waals surface area contributed by atoms with Crippen molar-refractivity contribution >= 4 is 11.7 Å². The Morgan fingerprint density at radius 1 is 1.19 bits per heavy atom. The monoisotopic (exact) mass is 301 g/mol. The number of Topliss-reactive ketones (excluding diaryl/α,β-unsaturated/α-hetero) is 1. The summed E-state index contributed by atoms with van der Waals surface area (Å²) in [6.07, 6.45) is 6.02. The van der Waals surface area contributed by atoms with E-state index in [2.05, 4.69) is 6.92 Å². The zero-order valence-corrected chi connectivity index (χ0v) is 14.5. The number of nitrogens with two attached hydrogens (primary N) is 1. The van der Waals surface area contributed by atoms with Crippen LogP contribution < -0.4 is 5.73 Å². The van der Waals surface area contributed by atoms with Gasteiger partial charge in [0.05, 0.1) is 0 Å². The summed E-state index contributed by atoms with van der Waals surface area (Å²) in [5, 5.41) is 8.28. The topological polar surface area (TPSA) is 80.4 Å². The Morgan fingerprint density at radius 2 is 1.67 bits per heavy atom. The van der Waals surface area contributed by atoms with Gasteiger partial charge in [-0.15, -0.1) is 0 Å². The second kappa shape index (κ2) is 14.1. The number of carbonyl (C=O) groups excluding carboxylic acids is 2. The highest BCUT2D eigenvalue weighted by Gasteiger charge is 2.22. The van der Waals surface area contributed by atoms with Gasteiger partial charge in [-0.25, -0.2) is 0 Å². The first-order valence-corrected chi connectivity index (χ1v) is 8.35. The first-order chi connectivity index (χ1) is 9.92. The fourth-order valence-electron chi connectivity index (χ4n) is 2.21. The number of hydrogen-bond donors (Lipinski definition) is 2. The zero-order valence-electron chi connectivity index (χ0n) is 14.5. The molecule has 1 aliphatic carbocycles. The molecule has 3 N–H and O–H groups in total. The van der Waals surface area contributed by atoms with Crippen molar-refractivity contribution in [1.29, 1.82) is 0 Å². The van der Waals surface area contributed by atoms with Crippen LogP contribution in [-0.4, -0.2) is 23.4 Å². The van der Waals surface area contributed by atoms with Crippen molar-refractivity contribution in [3.8, 4) is 0 Å². The normalized spacial score (nSPS) is 22.0. The Hall–Kier alpha value is -0.900. The van der Waals surface area contributed by atoms with Gasteiger partial charge in [0.25, 0.3) is 0 Å². The Balaban J connectivity index is 0. The quantitative estimate of drug-likeness (QED) is 0.817. The molecule has 0 radical (unpaired) electrons. The maximum atomic E-state index is 11.3. The zero-order chi connectivity index (χ0) is 16.8. The van der Waals surface area contributed by atoms with E-state index in [1.54, 1.807) is 6.92 Å². The highest BCUT2D eigenvalue weighted by Crippen LogP contribution is 2.29. The third-order valence-electron chi connectivity index (χ3n) is 3.87. The fourth-order valence-corrected chi connectivity index (χ4v) is 2.21. The van der Waals surface area contributed by atoms with E-state index in [1.165, 1.54) is 12.8 Å². The maximum absolute atomic E-state index is 11.3.